The zero-order valence-electron chi connectivity index (χ0n) is 19.6. The first kappa shape index (κ1) is 23.7. The molecule has 1 saturated heterocycles. The third kappa shape index (κ3) is 4.37. The summed E-state index contributed by atoms with van der Waals surface area (Å²) in [5.41, 5.74) is 1.88. The fraction of sp³-hybridized carbons (Fsp3) is 0.320. The Hall–Kier alpha value is -3.07. The van der Waals surface area contributed by atoms with Gasteiger partial charge < -0.3 is 4.90 Å². The molecule has 1 aliphatic rings. The summed E-state index contributed by atoms with van der Waals surface area (Å²) < 4.78 is 4.37. The largest absolute Gasteiger partial charge is 0.340 e. The number of fused-ring (bicyclic) bond motifs is 1. The van der Waals surface area contributed by atoms with Gasteiger partial charge in [-0.25, -0.2) is 4.79 Å². The standard InChI is InChI=1S/C25H26Cl2N6O2/c1-29-22-21(23(34)30(2)25(29)35)33(16-18-19(26)9-6-10-20(18)27)24(28-22)32-13-11-31(12-14-32)15-17-7-4-3-5-8-17/h3-10H,11-16H2,1-2H3. The van der Waals surface area contributed by atoms with E-state index in [0.717, 1.165) is 37.3 Å². The van der Waals surface area contributed by atoms with E-state index in [1.165, 1.54) is 17.2 Å². The summed E-state index contributed by atoms with van der Waals surface area (Å²) in [5.74, 6) is 0.633. The Labute approximate surface area is 212 Å². The molecule has 182 valence electrons. The summed E-state index contributed by atoms with van der Waals surface area (Å²) in [7, 11) is 3.11. The molecule has 0 aliphatic carbocycles. The van der Waals surface area contributed by atoms with Crippen LogP contribution in [-0.4, -0.2) is 49.8 Å². The van der Waals surface area contributed by atoms with E-state index in [2.05, 4.69) is 34.1 Å². The first-order valence-corrected chi connectivity index (χ1v) is 12.2. The maximum atomic E-state index is 13.2. The molecule has 0 amide bonds. The number of aromatic nitrogens is 4. The van der Waals surface area contributed by atoms with Crippen LogP contribution in [0.2, 0.25) is 10.0 Å². The van der Waals surface area contributed by atoms with Crippen LogP contribution in [0.3, 0.4) is 0 Å². The number of imidazole rings is 1. The van der Waals surface area contributed by atoms with E-state index >= 15 is 0 Å². The summed E-state index contributed by atoms with van der Waals surface area (Å²) in [6.07, 6.45) is 0. The van der Waals surface area contributed by atoms with Gasteiger partial charge in [0, 0.05) is 62.4 Å². The van der Waals surface area contributed by atoms with Gasteiger partial charge in [-0.15, -0.1) is 0 Å². The van der Waals surface area contributed by atoms with Crippen molar-refractivity contribution in [3.05, 3.63) is 90.5 Å². The zero-order chi connectivity index (χ0) is 24.7. The lowest BCUT2D eigenvalue weighted by atomic mass is 10.2. The van der Waals surface area contributed by atoms with Crippen molar-refractivity contribution < 1.29 is 0 Å². The number of hydrogen-bond acceptors (Lipinski definition) is 5. The van der Waals surface area contributed by atoms with Crippen LogP contribution in [0.4, 0.5) is 5.95 Å². The van der Waals surface area contributed by atoms with E-state index in [-0.39, 0.29) is 6.54 Å². The van der Waals surface area contributed by atoms with Crippen LogP contribution in [0.25, 0.3) is 11.2 Å². The van der Waals surface area contributed by atoms with Crippen LogP contribution in [0.1, 0.15) is 11.1 Å². The highest BCUT2D eigenvalue weighted by atomic mass is 35.5. The van der Waals surface area contributed by atoms with Crippen LogP contribution in [0, 0.1) is 0 Å². The predicted molar refractivity (Wildman–Crippen MR) is 140 cm³/mol. The Morgan fingerprint density at radius 2 is 1.49 bits per heavy atom. The maximum Gasteiger partial charge on any atom is 0.332 e. The highest BCUT2D eigenvalue weighted by Crippen LogP contribution is 2.29. The molecule has 0 spiro atoms. The van der Waals surface area contributed by atoms with Crippen molar-refractivity contribution in [2.75, 3.05) is 31.1 Å². The van der Waals surface area contributed by atoms with Crippen molar-refractivity contribution in [1.82, 2.24) is 23.6 Å². The molecule has 0 unspecified atom stereocenters. The Bertz CT molecular complexity index is 1480. The van der Waals surface area contributed by atoms with Gasteiger partial charge in [-0.2, -0.15) is 4.98 Å². The molecule has 0 N–H and O–H groups in total. The average molecular weight is 513 g/mol. The number of nitrogens with zero attached hydrogens (tertiary/aromatic N) is 6. The number of aryl methyl sites for hydroxylation is 1. The molecule has 35 heavy (non-hydrogen) atoms. The molecule has 3 heterocycles. The smallest absolute Gasteiger partial charge is 0.332 e. The third-order valence-corrected chi connectivity index (χ3v) is 7.32. The van der Waals surface area contributed by atoms with E-state index in [4.69, 9.17) is 28.2 Å². The van der Waals surface area contributed by atoms with Crippen molar-refractivity contribution in [2.24, 2.45) is 14.1 Å². The molecule has 2 aromatic heterocycles. The third-order valence-electron chi connectivity index (χ3n) is 6.61. The summed E-state index contributed by atoms with van der Waals surface area (Å²) in [5, 5.41) is 1.03. The van der Waals surface area contributed by atoms with Crippen LogP contribution >= 0.6 is 23.2 Å². The second-order valence-corrected chi connectivity index (χ2v) is 9.64. The lowest BCUT2D eigenvalue weighted by Gasteiger charge is -2.35. The number of hydrogen-bond donors (Lipinski definition) is 0. The average Bonchev–Trinajstić information content (AvgIpc) is 3.24. The minimum absolute atomic E-state index is 0.266. The molecule has 0 bridgehead atoms. The highest BCUT2D eigenvalue weighted by molar-refractivity contribution is 6.36. The molecular weight excluding hydrogens is 487 g/mol. The topological polar surface area (TPSA) is 68.3 Å². The SMILES string of the molecule is Cn1c(=O)c2c(nc(N3CCN(Cc4ccccc4)CC3)n2Cc2c(Cl)cccc2Cl)n(C)c1=O. The summed E-state index contributed by atoms with van der Waals surface area (Å²) >= 11 is 13.0. The minimum atomic E-state index is -0.415. The molecular formula is C25H26Cl2N6O2. The Morgan fingerprint density at radius 3 is 2.14 bits per heavy atom. The van der Waals surface area contributed by atoms with Gasteiger partial charge >= 0.3 is 5.69 Å². The first-order chi connectivity index (χ1) is 16.8. The predicted octanol–water partition coefficient (Wildman–Crippen LogP) is 3.11. The molecule has 0 saturated carbocycles. The van der Waals surface area contributed by atoms with E-state index in [1.54, 1.807) is 25.2 Å². The molecule has 2 aromatic carbocycles. The van der Waals surface area contributed by atoms with Gasteiger partial charge in [-0.3, -0.25) is 23.4 Å². The molecule has 5 rings (SSSR count). The van der Waals surface area contributed by atoms with Gasteiger partial charge in [0.2, 0.25) is 5.95 Å². The molecule has 1 aliphatic heterocycles. The van der Waals surface area contributed by atoms with Gasteiger partial charge in [0.05, 0.1) is 6.54 Å². The van der Waals surface area contributed by atoms with Gasteiger partial charge in [0.1, 0.15) is 0 Å². The normalized spacial score (nSPS) is 14.7. The number of halogens is 2. The summed E-state index contributed by atoms with van der Waals surface area (Å²) in [4.78, 5) is 35.2. The molecule has 0 atom stereocenters. The van der Waals surface area contributed by atoms with Gasteiger partial charge in [-0.1, -0.05) is 59.6 Å². The number of rotatable bonds is 5. The van der Waals surface area contributed by atoms with Crippen LogP contribution in [0.15, 0.2) is 58.1 Å². The highest BCUT2D eigenvalue weighted by Gasteiger charge is 2.26. The quantitative estimate of drug-likeness (QED) is 0.411. The molecule has 4 aromatic rings. The fourth-order valence-electron chi connectivity index (χ4n) is 4.62. The monoisotopic (exact) mass is 512 g/mol. The molecule has 10 heteroatoms. The fourth-order valence-corrected chi connectivity index (χ4v) is 5.13. The molecule has 0 radical (unpaired) electrons. The van der Waals surface area contributed by atoms with Crippen molar-refractivity contribution in [1.29, 1.82) is 0 Å². The van der Waals surface area contributed by atoms with Crippen molar-refractivity contribution >= 4 is 40.3 Å². The zero-order valence-corrected chi connectivity index (χ0v) is 21.1. The van der Waals surface area contributed by atoms with Gasteiger partial charge in [-0.05, 0) is 17.7 Å². The summed E-state index contributed by atoms with van der Waals surface area (Å²) in [6, 6.07) is 15.7. The number of piperazine rings is 1. The van der Waals surface area contributed by atoms with E-state index in [1.807, 2.05) is 10.6 Å². The van der Waals surface area contributed by atoms with Gasteiger partial charge in [0.15, 0.2) is 11.2 Å². The van der Waals surface area contributed by atoms with E-state index < -0.39 is 11.2 Å². The molecule has 1 fully saturated rings. The molecule has 8 nitrogen and oxygen atoms in total. The van der Waals surface area contributed by atoms with Crippen molar-refractivity contribution in [3.8, 4) is 0 Å². The van der Waals surface area contributed by atoms with Crippen LogP contribution in [-0.2, 0) is 27.2 Å². The summed E-state index contributed by atoms with van der Waals surface area (Å²) in [6.45, 7) is 4.32. The van der Waals surface area contributed by atoms with E-state index in [9.17, 15) is 9.59 Å². The van der Waals surface area contributed by atoms with Crippen molar-refractivity contribution in [2.45, 2.75) is 13.1 Å². The Kier molecular flexibility index (Phi) is 6.44. The minimum Gasteiger partial charge on any atom is -0.340 e. The van der Waals surface area contributed by atoms with Crippen molar-refractivity contribution in [3.63, 3.8) is 0 Å². The lowest BCUT2D eigenvalue weighted by molar-refractivity contribution is 0.248. The first-order valence-electron chi connectivity index (χ1n) is 11.5. The Balaban J connectivity index is 1.54. The van der Waals surface area contributed by atoms with E-state index in [0.29, 0.717) is 32.7 Å². The lowest BCUT2D eigenvalue weighted by Crippen LogP contribution is -2.47. The maximum absolute atomic E-state index is 13.2. The van der Waals surface area contributed by atoms with Crippen LogP contribution in [0.5, 0.6) is 0 Å². The Morgan fingerprint density at radius 1 is 0.829 bits per heavy atom. The van der Waals surface area contributed by atoms with Gasteiger partial charge in [0.25, 0.3) is 5.56 Å². The number of benzene rings is 2. The second kappa shape index (κ2) is 9.53. The second-order valence-electron chi connectivity index (χ2n) is 8.82. The van der Waals surface area contributed by atoms with Crippen LogP contribution < -0.4 is 16.1 Å². The number of anilines is 1.